The van der Waals surface area contributed by atoms with Gasteiger partial charge in [-0.25, -0.2) is 0 Å². The molecule has 1 aromatic rings. The van der Waals surface area contributed by atoms with Crippen LogP contribution in [0.15, 0.2) is 12.3 Å². The van der Waals surface area contributed by atoms with Gasteiger partial charge in [0.1, 0.15) is 0 Å². The number of aryl methyl sites for hydroxylation is 1. The Morgan fingerprint density at radius 1 is 1.42 bits per heavy atom. The number of aromatic amines is 1. The molecule has 0 aliphatic heterocycles. The van der Waals surface area contributed by atoms with Gasteiger partial charge in [0.05, 0.1) is 5.69 Å². The first kappa shape index (κ1) is 9.04. The molecule has 0 bridgehead atoms. The Morgan fingerprint density at radius 3 is 2.33 bits per heavy atom. The molecule has 1 N–H and O–H groups in total. The predicted molar refractivity (Wildman–Crippen MR) is 49.3 cm³/mol. The summed E-state index contributed by atoms with van der Waals surface area (Å²) in [5, 5.41) is 0. The van der Waals surface area contributed by atoms with Crippen LogP contribution in [0.1, 0.15) is 36.8 Å². The summed E-state index contributed by atoms with van der Waals surface area (Å²) in [7, 11) is 0. The van der Waals surface area contributed by atoms with Crippen molar-refractivity contribution in [1.82, 2.24) is 4.98 Å². The van der Waals surface area contributed by atoms with Crippen LogP contribution in [0.4, 0.5) is 0 Å². The minimum atomic E-state index is -0.296. The van der Waals surface area contributed by atoms with Gasteiger partial charge in [0.2, 0.25) is 0 Å². The van der Waals surface area contributed by atoms with Crippen molar-refractivity contribution < 1.29 is 4.79 Å². The van der Waals surface area contributed by atoms with Crippen LogP contribution in [0.25, 0.3) is 0 Å². The van der Waals surface area contributed by atoms with E-state index in [1.54, 1.807) is 6.20 Å². The second-order valence-corrected chi connectivity index (χ2v) is 4.11. The van der Waals surface area contributed by atoms with Crippen LogP contribution < -0.4 is 0 Å². The number of Topliss-reactive ketones (excluding diaryl/α,β-unsaturated/α-hetero) is 1. The summed E-state index contributed by atoms with van der Waals surface area (Å²) < 4.78 is 0. The number of ketones is 1. The number of rotatable bonds is 1. The summed E-state index contributed by atoms with van der Waals surface area (Å²) in [5.41, 5.74) is 1.47. The normalized spacial score (nSPS) is 11.7. The number of H-pyrrole nitrogens is 1. The minimum absolute atomic E-state index is 0.171. The summed E-state index contributed by atoms with van der Waals surface area (Å²) in [4.78, 5) is 14.7. The van der Waals surface area contributed by atoms with Gasteiger partial charge in [0.15, 0.2) is 5.78 Å². The van der Waals surface area contributed by atoms with Crippen LogP contribution >= 0.6 is 0 Å². The number of aromatic nitrogens is 1. The first-order valence-electron chi connectivity index (χ1n) is 4.11. The third-order valence-electron chi connectivity index (χ3n) is 1.86. The summed E-state index contributed by atoms with van der Waals surface area (Å²) in [6, 6.07) is 1.92. The SMILES string of the molecule is Cc1cc[nH]c1C(=O)C(C)(C)C. The number of hydrogen-bond acceptors (Lipinski definition) is 1. The van der Waals surface area contributed by atoms with Crippen molar-refractivity contribution in [2.45, 2.75) is 27.7 Å². The van der Waals surface area contributed by atoms with Crippen molar-refractivity contribution in [3.63, 3.8) is 0 Å². The van der Waals surface area contributed by atoms with Crippen LogP contribution in [-0.4, -0.2) is 10.8 Å². The molecule has 66 valence electrons. The molecule has 0 spiro atoms. The lowest BCUT2D eigenvalue weighted by atomic mass is 9.88. The van der Waals surface area contributed by atoms with Crippen LogP contribution in [0, 0.1) is 12.3 Å². The Morgan fingerprint density at radius 2 is 2.00 bits per heavy atom. The minimum Gasteiger partial charge on any atom is -0.359 e. The van der Waals surface area contributed by atoms with E-state index in [0.29, 0.717) is 0 Å². The molecule has 1 aromatic heterocycles. The lowest BCUT2D eigenvalue weighted by Crippen LogP contribution is -2.21. The summed E-state index contributed by atoms with van der Waals surface area (Å²) in [6.45, 7) is 7.72. The van der Waals surface area contributed by atoms with E-state index >= 15 is 0 Å². The van der Waals surface area contributed by atoms with E-state index in [-0.39, 0.29) is 11.2 Å². The van der Waals surface area contributed by atoms with Gasteiger partial charge in [0, 0.05) is 11.6 Å². The monoisotopic (exact) mass is 165 g/mol. The quantitative estimate of drug-likeness (QED) is 0.637. The number of carbonyl (C=O) groups is 1. The van der Waals surface area contributed by atoms with Crippen LogP contribution in [0.2, 0.25) is 0 Å². The summed E-state index contributed by atoms with van der Waals surface area (Å²) in [6.07, 6.45) is 1.80. The second-order valence-electron chi connectivity index (χ2n) is 4.11. The molecule has 0 saturated heterocycles. The van der Waals surface area contributed by atoms with Gasteiger partial charge >= 0.3 is 0 Å². The molecule has 0 atom stereocenters. The molecule has 12 heavy (non-hydrogen) atoms. The maximum Gasteiger partial charge on any atom is 0.184 e. The van der Waals surface area contributed by atoms with Gasteiger partial charge in [-0.2, -0.15) is 0 Å². The van der Waals surface area contributed by atoms with Crippen molar-refractivity contribution in [1.29, 1.82) is 0 Å². The Kier molecular flexibility index (Phi) is 2.09. The third-order valence-corrected chi connectivity index (χ3v) is 1.86. The molecular formula is C10H15NO. The van der Waals surface area contributed by atoms with Crippen molar-refractivity contribution in [3.05, 3.63) is 23.5 Å². The van der Waals surface area contributed by atoms with Crippen LogP contribution in [0.3, 0.4) is 0 Å². The molecule has 0 aliphatic rings. The fourth-order valence-electron chi connectivity index (χ4n) is 1.07. The first-order chi connectivity index (χ1) is 5.43. The van der Waals surface area contributed by atoms with E-state index in [1.807, 2.05) is 33.8 Å². The number of nitrogens with one attached hydrogen (secondary N) is 1. The largest absolute Gasteiger partial charge is 0.359 e. The molecule has 1 rings (SSSR count). The van der Waals surface area contributed by atoms with Crippen molar-refractivity contribution in [2.24, 2.45) is 5.41 Å². The zero-order valence-electron chi connectivity index (χ0n) is 8.06. The Labute approximate surface area is 73.0 Å². The predicted octanol–water partition coefficient (Wildman–Crippen LogP) is 2.55. The molecule has 0 radical (unpaired) electrons. The average Bonchev–Trinajstić information content (AvgIpc) is 2.31. The fraction of sp³-hybridized carbons (Fsp3) is 0.500. The smallest absolute Gasteiger partial charge is 0.184 e. The zero-order valence-corrected chi connectivity index (χ0v) is 8.06. The Bertz CT molecular complexity index is 291. The van der Waals surface area contributed by atoms with E-state index in [2.05, 4.69) is 4.98 Å². The van der Waals surface area contributed by atoms with Gasteiger partial charge in [-0.15, -0.1) is 0 Å². The average molecular weight is 165 g/mol. The van der Waals surface area contributed by atoms with Crippen molar-refractivity contribution >= 4 is 5.78 Å². The molecule has 0 saturated carbocycles. The zero-order chi connectivity index (χ0) is 9.35. The molecule has 1 heterocycles. The maximum absolute atomic E-state index is 11.7. The second kappa shape index (κ2) is 2.77. The highest BCUT2D eigenvalue weighted by molar-refractivity contribution is 5.99. The molecule has 0 amide bonds. The number of carbonyl (C=O) groups excluding carboxylic acids is 1. The summed E-state index contributed by atoms with van der Waals surface area (Å²) in [5.74, 6) is 0.171. The highest BCUT2D eigenvalue weighted by atomic mass is 16.1. The third kappa shape index (κ3) is 1.58. The Balaban J connectivity index is 3.01. The van der Waals surface area contributed by atoms with Gasteiger partial charge in [-0.1, -0.05) is 20.8 Å². The molecular weight excluding hydrogens is 150 g/mol. The fourth-order valence-corrected chi connectivity index (χ4v) is 1.07. The van der Waals surface area contributed by atoms with E-state index in [4.69, 9.17) is 0 Å². The Hall–Kier alpha value is -1.05. The van der Waals surface area contributed by atoms with Gasteiger partial charge in [0.25, 0.3) is 0 Å². The number of hydrogen-bond donors (Lipinski definition) is 1. The summed E-state index contributed by atoms with van der Waals surface area (Å²) >= 11 is 0. The van der Waals surface area contributed by atoms with E-state index in [1.165, 1.54) is 0 Å². The maximum atomic E-state index is 11.7. The molecule has 2 heteroatoms. The van der Waals surface area contributed by atoms with Crippen molar-refractivity contribution in [3.8, 4) is 0 Å². The van der Waals surface area contributed by atoms with Crippen LogP contribution in [0.5, 0.6) is 0 Å². The van der Waals surface area contributed by atoms with Crippen molar-refractivity contribution in [2.75, 3.05) is 0 Å². The van der Waals surface area contributed by atoms with Crippen LogP contribution in [-0.2, 0) is 0 Å². The highest BCUT2D eigenvalue weighted by Crippen LogP contribution is 2.21. The lowest BCUT2D eigenvalue weighted by molar-refractivity contribution is 0.0853. The van der Waals surface area contributed by atoms with E-state index in [9.17, 15) is 4.79 Å². The van der Waals surface area contributed by atoms with Gasteiger partial charge in [-0.05, 0) is 18.6 Å². The first-order valence-corrected chi connectivity index (χ1v) is 4.11. The molecule has 0 unspecified atom stereocenters. The molecule has 0 aromatic carbocycles. The molecule has 2 nitrogen and oxygen atoms in total. The van der Waals surface area contributed by atoms with E-state index < -0.39 is 0 Å². The molecule has 0 aliphatic carbocycles. The standard InChI is InChI=1S/C10H15NO/c1-7-5-6-11-8(7)9(12)10(2,3)4/h5-6,11H,1-4H3. The van der Waals surface area contributed by atoms with Gasteiger partial charge in [-0.3, -0.25) is 4.79 Å². The lowest BCUT2D eigenvalue weighted by Gasteiger charge is -2.15. The molecule has 0 fully saturated rings. The topological polar surface area (TPSA) is 32.9 Å². The van der Waals surface area contributed by atoms with E-state index in [0.717, 1.165) is 11.3 Å². The highest BCUT2D eigenvalue weighted by Gasteiger charge is 2.24. The van der Waals surface area contributed by atoms with Gasteiger partial charge < -0.3 is 4.98 Å².